The van der Waals surface area contributed by atoms with E-state index < -0.39 is 17.9 Å². The lowest BCUT2D eigenvalue weighted by Crippen LogP contribution is -2.27. The number of aromatic nitrogens is 2. The van der Waals surface area contributed by atoms with E-state index in [0.29, 0.717) is 33.1 Å². The Kier molecular flexibility index (Phi) is 6.35. The SMILES string of the molecule is O=C(O)CCC(=O)N1N=C(c2c(-c3ccccc3)c3cc(Cl)ccc3[nH]c2=O)CC1c1ccccn1. The lowest BCUT2D eigenvalue weighted by Gasteiger charge is -2.20. The third-order valence-corrected chi connectivity index (χ3v) is 6.31. The molecule has 1 amide bonds. The number of pyridine rings is 2. The van der Waals surface area contributed by atoms with Crippen molar-refractivity contribution in [2.75, 3.05) is 0 Å². The molecule has 1 atom stereocenters. The average molecular weight is 501 g/mol. The number of fused-ring (bicyclic) bond motifs is 1. The first kappa shape index (κ1) is 23.4. The van der Waals surface area contributed by atoms with Gasteiger partial charge in [-0.3, -0.25) is 19.4 Å². The number of H-pyrrole nitrogens is 1. The van der Waals surface area contributed by atoms with Crippen LogP contribution in [0.1, 0.15) is 36.6 Å². The number of carboxylic acids is 1. The molecule has 0 aliphatic carbocycles. The van der Waals surface area contributed by atoms with Crippen LogP contribution in [0, 0.1) is 0 Å². The van der Waals surface area contributed by atoms with Crippen molar-refractivity contribution in [3.8, 4) is 11.1 Å². The van der Waals surface area contributed by atoms with Crippen molar-refractivity contribution in [3.63, 3.8) is 0 Å². The van der Waals surface area contributed by atoms with E-state index in [1.54, 1.807) is 42.6 Å². The number of hydrazone groups is 1. The van der Waals surface area contributed by atoms with Gasteiger partial charge in [-0.15, -0.1) is 0 Å². The van der Waals surface area contributed by atoms with Crippen molar-refractivity contribution >= 4 is 40.1 Å². The second kappa shape index (κ2) is 9.75. The van der Waals surface area contributed by atoms with Gasteiger partial charge in [0.25, 0.3) is 5.56 Å². The van der Waals surface area contributed by atoms with E-state index in [2.05, 4.69) is 15.1 Å². The zero-order valence-electron chi connectivity index (χ0n) is 19.0. The third-order valence-electron chi connectivity index (χ3n) is 6.08. The van der Waals surface area contributed by atoms with Gasteiger partial charge in [-0.25, -0.2) is 5.01 Å². The molecule has 2 aromatic heterocycles. The molecule has 1 aliphatic heterocycles. The number of halogens is 1. The fourth-order valence-electron chi connectivity index (χ4n) is 4.47. The van der Waals surface area contributed by atoms with Gasteiger partial charge in [-0.05, 0) is 35.9 Å². The van der Waals surface area contributed by atoms with Crippen LogP contribution < -0.4 is 5.56 Å². The number of carbonyl (C=O) groups excluding carboxylic acids is 1. The predicted octanol–water partition coefficient (Wildman–Crippen LogP) is 4.79. The average Bonchev–Trinajstić information content (AvgIpc) is 3.33. The van der Waals surface area contributed by atoms with Crippen molar-refractivity contribution < 1.29 is 14.7 Å². The Bertz CT molecular complexity index is 1550. The van der Waals surface area contributed by atoms with E-state index in [9.17, 15) is 14.4 Å². The Morgan fingerprint density at radius 1 is 1.03 bits per heavy atom. The molecule has 0 fully saturated rings. The number of amides is 1. The van der Waals surface area contributed by atoms with Gasteiger partial charge in [0.1, 0.15) is 6.04 Å². The van der Waals surface area contributed by atoms with Crippen molar-refractivity contribution in [2.45, 2.75) is 25.3 Å². The lowest BCUT2D eigenvalue weighted by molar-refractivity contribution is -0.141. The molecule has 2 N–H and O–H groups in total. The summed E-state index contributed by atoms with van der Waals surface area (Å²) in [6, 6.07) is 19.5. The normalized spacial score (nSPS) is 15.2. The number of hydrogen-bond acceptors (Lipinski definition) is 5. The Morgan fingerprint density at radius 2 is 1.81 bits per heavy atom. The van der Waals surface area contributed by atoms with E-state index in [1.807, 2.05) is 30.3 Å². The number of carbonyl (C=O) groups is 2. The summed E-state index contributed by atoms with van der Waals surface area (Å²) >= 11 is 6.33. The molecule has 0 spiro atoms. The van der Waals surface area contributed by atoms with E-state index in [1.165, 1.54) is 5.01 Å². The summed E-state index contributed by atoms with van der Waals surface area (Å²) in [5.74, 6) is -1.53. The van der Waals surface area contributed by atoms with Crippen molar-refractivity contribution in [1.82, 2.24) is 15.0 Å². The van der Waals surface area contributed by atoms with E-state index in [4.69, 9.17) is 16.7 Å². The van der Waals surface area contributed by atoms with Crippen LogP contribution >= 0.6 is 11.6 Å². The molecule has 2 aromatic carbocycles. The van der Waals surface area contributed by atoms with Crippen LogP contribution in [0.5, 0.6) is 0 Å². The van der Waals surface area contributed by atoms with Crippen molar-refractivity contribution in [3.05, 3.63) is 99.6 Å². The number of aliphatic carboxylic acids is 1. The van der Waals surface area contributed by atoms with Gasteiger partial charge < -0.3 is 10.1 Å². The zero-order chi connectivity index (χ0) is 25.2. The highest BCUT2D eigenvalue weighted by molar-refractivity contribution is 6.31. The van der Waals surface area contributed by atoms with Gasteiger partial charge in [-0.1, -0.05) is 48.0 Å². The molecule has 9 heteroatoms. The maximum atomic E-state index is 13.5. The molecule has 0 saturated carbocycles. The fourth-order valence-corrected chi connectivity index (χ4v) is 4.64. The van der Waals surface area contributed by atoms with Crippen LogP contribution in [0.4, 0.5) is 0 Å². The van der Waals surface area contributed by atoms with Crippen LogP contribution in [0.25, 0.3) is 22.0 Å². The first-order valence-electron chi connectivity index (χ1n) is 11.4. The summed E-state index contributed by atoms with van der Waals surface area (Å²) < 4.78 is 0. The molecular weight excluding hydrogens is 480 g/mol. The van der Waals surface area contributed by atoms with Crippen LogP contribution in [0.2, 0.25) is 5.02 Å². The van der Waals surface area contributed by atoms with Crippen LogP contribution in [-0.4, -0.2) is 37.7 Å². The topological polar surface area (TPSA) is 116 Å². The van der Waals surface area contributed by atoms with Gasteiger partial charge in [0.2, 0.25) is 5.91 Å². The van der Waals surface area contributed by atoms with Gasteiger partial charge in [0.05, 0.1) is 23.4 Å². The van der Waals surface area contributed by atoms with E-state index in [-0.39, 0.29) is 24.8 Å². The Labute approximate surface area is 210 Å². The summed E-state index contributed by atoms with van der Waals surface area (Å²) in [5, 5.41) is 16.2. The number of benzene rings is 2. The van der Waals surface area contributed by atoms with Gasteiger partial charge in [0, 0.05) is 40.5 Å². The van der Waals surface area contributed by atoms with Gasteiger partial charge in [-0.2, -0.15) is 5.10 Å². The molecule has 36 heavy (non-hydrogen) atoms. The molecule has 5 rings (SSSR count). The van der Waals surface area contributed by atoms with E-state index in [0.717, 1.165) is 10.9 Å². The Morgan fingerprint density at radius 3 is 2.53 bits per heavy atom. The summed E-state index contributed by atoms with van der Waals surface area (Å²) in [4.78, 5) is 44.9. The molecule has 0 radical (unpaired) electrons. The second-order valence-corrected chi connectivity index (χ2v) is 8.85. The first-order valence-corrected chi connectivity index (χ1v) is 11.7. The molecule has 4 aromatic rings. The molecule has 0 bridgehead atoms. The standard InChI is InChI=1S/C27H21ClN4O4/c28-17-9-10-19-18(14-17)25(16-6-2-1-3-7-16)26(27(36)30-19)21-15-22(20-8-4-5-13-29-20)32(31-21)23(33)11-12-24(34)35/h1-10,13-14,22H,11-12,15H2,(H,30,36)(H,34,35). The number of nitrogens with one attached hydrogen (secondary N) is 1. The molecule has 3 heterocycles. The highest BCUT2D eigenvalue weighted by atomic mass is 35.5. The van der Waals surface area contributed by atoms with Crippen molar-refractivity contribution in [1.29, 1.82) is 0 Å². The minimum Gasteiger partial charge on any atom is -0.481 e. The number of nitrogens with zero attached hydrogens (tertiary/aromatic N) is 3. The highest BCUT2D eigenvalue weighted by Crippen LogP contribution is 2.37. The first-order chi connectivity index (χ1) is 17.4. The van der Waals surface area contributed by atoms with Crippen molar-refractivity contribution in [2.24, 2.45) is 5.10 Å². The lowest BCUT2D eigenvalue weighted by atomic mass is 9.91. The molecule has 0 saturated heterocycles. The van der Waals surface area contributed by atoms with Gasteiger partial charge >= 0.3 is 5.97 Å². The maximum absolute atomic E-state index is 13.5. The number of hydrogen-bond donors (Lipinski definition) is 2. The number of rotatable bonds is 6. The Hall–Kier alpha value is -4.30. The summed E-state index contributed by atoms with van der Waals surface area (Å²) in [6.45, 7) is 0. The second-order valence-electron chi connectivity index (χ2n) is 8.41. The Balaban J connectivity index is 1.70. The largest absolute Gasteiger partial charge is 0.481 e. The summed E-state index contributed by atoms with van der Waals surface area (Å²) in [5.41, 5.74) is 3.10. The quantitative estimate of drug-likeness (QED) is 0.395. The summed E-state index contributed by atoms with van der Waals surface area (Å²) in [7, 11) is 0. The fraction of sp³-hybridized carbons (Fsp3) is 0.148. The summed E-state index contributed by atoms with van der Waals surface area (Å²) in [6.07, 6.45) is 1.32. The van der Waals surface area contributed by atoms with Gasteiger partial charge in [0.15, 0.2) is 0 Å². The third kappa shape index (κ3) is 4.50. The molecule has 1 unspecified atom stereocenters. The minimum absolute atomic E-state index is 0.218. The molecule has 8 nitrogen and oxygen atoms in total. The van der Waals surface area contributed by atoms with Crippen LogP contribution in [0.3, 0.4) is 0 Å². The zero-order valence-corrected chi connectivity index (χ0v) is 19.8. The van der Waals surface area contributed by atoms with Crippen LogP contribution in [-0.2, 0) is 9.59 Å². The molecule has 1 aliphatic rings. The smallest absolute Gasteiger partial charge is 0.303 e. The molecular formula is C27H21ClN4O4. The monoisotopic (exact) mass is 500 g/mol. The number of aromatic amines is 1. The highest BCUT2D eigenvalue weighted by Gasteiger charge is 2.36. The minimum atomic E-state index is -1.07. The number of carboxylic acid groups (broad SMARTS) is 1. The predicted molar refractivity (Wildman–Crippen MR) is 137 cm³/mol. The molecule has 180 valence electrons. The van der Waals surface area contributed by atoms with E-state index >= 15 is 0 Å². The van der Waals surface area contributed by atoms with Crippen LogP contribution in [0.15, 0.2) is 82.8 Å². The maximum Gasteiger partial charge on any atom is 0.303 e.